The van der Waals surface area contributed by atoms with Crippen LogP contribution >= 0.6 is 11.6 Å². The molecule has 2 heterocycles. The Hall–Kier alpha value is -3.76. The van der Waals surface area contributed by atoms with Gasteiger partial charge in [0.1, 0.15) is 29.4 Å². The van der Waals surface area contributed by atoms with Gasteiger partial charge >= 0.3 is 0 Å². The number of anilines is 2. The van der Waals surface area contributed by atoms with E-state index < -0.39 is 0 Å². The van der Waals surface area contributed by atoms with Gasteiger partial charge in [-0.1, -0.05) is 11.6 Å². The number of likely N-dealkylation sites (N-methyl/N-ethyl adjacent to an activating group) is 1. The second kappa shape index (κ2) is 11.3. The van der Waals surface area contributed by atoms with Crippen molar-refractivity contribution in [3.05, 3.63) is 58.1 Å². The Bertz CT molecular complexity index is 1300. The number of nitrogen functional groups attached to an aromatic ring is 1. The normalized spacial score (nSPS) is 11.6. The number of nitrogens with two attached hydrogens (primary N) is 1. The van der Waals surface area contributed by atoms with Gasteiger partial charge in [0.2, 0.25) is 0 Å². The standard InChI is InChI=1S/C25H30ClN7O3/c1-13-18(26)11-17(15(3)32-24-21(14(2)27)23(28)30-12-31-24)22(36-5)20(13)16-6-7-29-19(10-16)25(35)33(4)8-9-34/h6-7,10-12,15,27,34H,8-9H2,1-5H3,(H3,28,30,31,32). The van der Waals surface area contributed by atoms with Crippen molar-refractivity contribution in [1.29, 1.82) is 5.41 Å². The number of halogens is 1. The van der Waals surface area contributed by atoms with Crippen LogP contribution in [0, 0.1) is 12.3 Å². The summed E-state index contributed by atoms with van der Waals surface area (Å²) in [6, 6.07) is 4.94. The first-order valence-electron chi connectivity index (χ1n) is 11.2. The van der Waals surface area contributed by atoms with Crippen LogP contribution in [0.25, 0.3) is 11.1 Å². The highest BCUT2D eigenvalue weighted by Gasteiger charge is 2.24. The van der Waals surface area contributed by atoms with Crippen molar-refractivity contribution in [3.63, 3.8) is 0 Å². The number of aliphatic hydroxyl groups excluding tert-OH is 1. The SMILES string of the molecule is COc1c(C(C)Nc2ncnc(N)c2C(C)=N)cc(Cl)c(C)c1-c1ccnc(C(=O)N(C)CCO)c1. The number of ether oxygens (including phenoxy) is 1. The number of hydrogen-bond donors (Lipinski definition) is 4. The van der Waals surface area contributed by atoms with Gasteiger partial charge in [-0.05, 0) is 50.1 Å². The van der Waals surface area contributed by atoms with E-state index >= 15 is 0 Å². The van der Waals surface area contributed by atoms with Crippen molar-refractivity contribution in [2.24, 2.45) is 0 Å². The summed E-state index contributed by atoms with van der Waals surface area (Å²) in [6.45, 7) is 5.47. The topological polar surface area (TPSA) is 150 Å². The summed E-state index contributed by atoms with van der Waals surface area (Å²) in [7, 11) is 3.17. The zero-order valence-corrected chi connectivity index (χ0v) is 21.6. The highest BCUT2D eigenvalue weighted by molar-refractivity contribution is 6.32. The number of hydrogen-bond acceptors (Lipinski definition) is 9. The third kappa shape index (κ3) is 5.39. The Balaban J connectivity index is 2.10. The minimum Gasteiger partial charge on any atom is -0.496 e. The molecule has 0 saturated carbocycles. The first kappa shape index (κ1) is 26.8. The molecule has 0 bridgehead atoms. The lowest BCUT2D eigenvalue weighted by molar-refractivity contribution is 0.0761. The van der Waals surface area contributed by atoms with E-state index in [0.717, 1.165) is 16.7 Å². The van der Waals surface area contributed by atoms with Crippen LogP contribution in [0.2, 0.25) is 5.02 Å². The smallest absolute Gasteiger partial charge is 0.272 e. The van der Waals surface area contributed by atoms with Gasteiger partial charge in [-0.25, -0.2) is 9.97 Å². The Morgan fingerprint density at radius 3 is 2.69 bits per heavy atom. The fourth-order valence-corrected chi connectivity index (χ4v) is 4.16. The van der Waals surface area contributed by atoms with Gasteiger partial charge in [0, 0.05) is 41.7 Å². The monoisotopic (exact) mass is 511 g/mol. The predicted molar refractivity (Wildman–Crippen MR) is 141 cm³/mol. The molecule has 190 valence electrons. The molecule has 1 aromatic carbocycles. The van der Waals surface area contributed by atoms with Crippen LogP contribution in [-0.4, -0.2) is 63.9 Å². The number of carbonyl (C=O) groups excluding carboxylic acids is 1. The molecule has 36 heavy (non-hydrogen) atoms. The number of rotatable bonds is 9. The molecule has 0 saturated heterocycles. The highest BCUT2D eigenvalue weighted by Crippen LogP contribution is 2.43. The zero-order chi connectivity index (χ0) is 26.6. The molecule has 0 radical (unpaired) electrons. The fraction of sp³-hybridized carbons (Fsp3) is 0.320. The minimum atomic E-state index is -0.345. The summed E-state index contributed by atoms with van der Waals surface area (Å²) in [5.41, 5.74) is 9.83. The van der Waals surface area contributed by atoms with E-state index in [-0.39, 0.29) is 42.3 Å². The van der Waals surface area contributed by atoms with Gasteiger partial charge in [-0.2, -0.15) is 0 Å². The van der Waals surface area contributed by atoms with Crippen LogP contribution in [-0.2, 0) is 0 Å². The van der Waals surface area contributed by atoms with Gasteiger partial charge in [0.05, 0.1) is 25.3 Å². The van der Waals surface area contributed by atoms with Crippen molar-refractivity contribution in [3.8, 4) is 16.9 Å². The molecule has 1 amide bonds. The van der Waals surface area contributed by atoms with E-state index in [0.29, 0.717) is 27.7 Å². The third-order valence-corrected chi connectivity index (χ3v) is 6.22. The summed E-state index contributed by atoms with van der Waals surface area (Å²) in [4.78, 5) is 26.7. The minimum absolute atomic E-state index is 0.144. The van der Waals surface area contributed by atoms with Crippen molar-refractivity contribution in [1.82, 2.24) is 19.9 Å². The van der Waals surface area contributed by atoms with Crippen LogP contribution in [0.3, 0.4) is 0 Å². The molecular weight excluding hydrogens is 482 g/mol. The average molecular weight is 512 g/mol. The molecule has 2 aromatic heterocycles. The molecule has 1 atom stereocenters. The van der Waals surface area contributed by atoms with Crippen molar-refractivity contribution >= 4 is 34.9 Å². The summed E-state index contributed by atoms with van der Waals surface area (Å²) in [5.74, 6) is 0.893. The van der Waals surface area contributed by atoms with E-state index in [1.54, 1.807) is 39.4 Å². The Kier molecular flexibility index (Phi) is 8.44. The molecule has 3 aromatic rings. The first-order chi connectivity index (χ1) is 17.1. The van der Waals surface area contributed by atoms with Gasteiger partial charge in [0.25, 0.3) is 5.91 Å². The number of pyridine rings is 1. The van der Waals surface area contributed by atoms with Crippen molar-refractivity contribution < 1.29 is 14.6 Å². The number of methoxy groups -OCH3 is 1. The van der Waals surface area contributed by atoms with Crippen LogP contribution in [0.1, 0.15) is 47.1 Å². The molecule has 3 rings (SSSR count). The van der Waals surface area contributed by atoms with Gasteiger partial charge in [0.15, 0.2) is 0 Å². The van der Waals surface area contributed by atoms with Crippen LogP contribution in [0.4, 0.5) is 11.6 Å². The molecule has 10 nitrogen and oxygen atoms in total. The second-order valence-electron chi connectivity index (χ2n) is 8.33. The Morgan fingerprint density at radius 2 is 2.06 bits per heavy atom. The number of aliphatic hydroxyl groups is 1. The molecule has 0 aliphatic heterocycles. The average Bonchev–Trinajstić information content (AvgIpc) is 2.84. The molecule has 0 fully saturated rings. The Labute approximate surface area is 215 Å². The fourth-order valence-electron chi connectivity index (χ4n) is 3.94. The van der Waals surface area contributed by atoms with E-state index in [2.05, 4.69) is 20.3 Å². The number of aromatic nitrogens is 3. The summed E-state index contributed by atoms with van der Waals surface area (Å²) in [5, 5.41) is 21.1. The lowest BCUT2D eigenvalue weighted by Crippen LogP contribution is -2.30. The first-order valence-corrected chi connectivity index (χ1v) is 11.6. The number of nitrogens with zero attached hydrogens (tertiary/aromatic N) is 4. The quantitative estimate of drug-likeness (QED) is 0.317. The molecule has 11 heteroatoms. The van der Waals surface area contributed by atoms with E-state index in [1.807, 2.05) is 19.9 Å². The van der Waals surface area contributed by atoms with E-state index in [4.69, 9.17) is 27.5 Å². The van der Waals surface area contributed by atoms with E-state index in [9.17, 15) is 9.90 Å². The molecule has 1 unspecified atom stereocenters. The molecule has 0 aliphatic rings. The van der Waals surface area contributed by atoms with Crippen LogP contribution in [0.5, 0.6) is 5.75 Å². The summed E-state index contributed by atoms with van der Waals surface area (Å²) >= 11 is 6.66. The lowest BCUT2D eigenvalue weighted by atomic mass is 9.93. The number of benzene rings is 1. The lowest BCUT2D eigenvalue weighted by Gasteiger charge is -2.24. The molecule has 0 aliphatic carbocycles. The predicted octanol–water partition coefficient (Wildman–Crippen LogP) is 3.72. The molecule has 5 N–H and O–H groups in total. The second-order valence-corrected chi connectivity index (χ2v) is 8.74. The summed E-state index contributed by atoms with van der Waals surface area (Å²) in [6.07, 6.45) is 2.89. The third-order valence-electron chi connectivity index (χ3n) is 5.83. The van der Waals surface area contributed by atoms with Crippen LogP contribution in [0.15, 0.2) is 30.7 Å². The maximum absolute atomic E-state index is 12.8. The molecule has 0 spiro atoms. The maximum Gasteiger partial charge on any atom is 0.272 e. The largest absolute Gasteiger partial charge is 0.496 e. The number of nitrogens with one attached hydrogen (secondary N) is 2. The highest BCUT2D eigenvalue weighted by atomic mass is 35.5. The maximum atomic E-state index is 12.8. The number of carbonyl (C=O) groups is 1. The zero-order valence-electron chi connectivity index (χ0n) is 20.9. The van der Waals surface area contributed by atoms with Crippen LogP contribution < -0.4 is 15.8 Å². The van der Waals surface area contributed by atoms with Crippen molar-refractivity contribution in [2.45, 2.75) is 26.8 Å². The van der Waals surface area contributed by atoms with Gasteiger partial charge < -0.3 is 31.2 Å². The van der Waals surface area contributed by atoms with Gasteiger partial charge in [-0.15, -0.1) is 0 Å². The van der Waals surface area contributed by atoms with Crippen molar-refractivity contribution in [2.75, 3.05) is 38.4 Å². The van der Waals surface area contributed by atoms with Gasteiger partial charge in [-0.3, -0.25) is 9.78 Å². The number of amides is 1. The summed E-state index contributed by atoms with van der Waals surface area (Å²) < 4.78 is 5.87. The molecular formula is C25H30ClN7O3. The Morgan fingerprint density at radius 1 is 1.33 bits per heavy atom. The van der Waals surface area contributed by atoms with E-state index in [1.165, 1.54) is 11.2 Å².